The molecule has 0 saturated heterocycles. The summed E-state index contributed by atoms with van der Waals surface area (Å²) in [5.41, 5.74) is 1.11. The van der Waals surface area contributed by atoms with E-state index in [4.69, 9.17) is 4.74 Å². The lowest BCUT2D eigenvalue weighted by Crippen LogP contribution is -2.14. The highest BCUT2D eigenvalue weighted by Crippen LogP contribution is 2.10. The SMILES string of the molecule is CCCNCc1cnc(C(C)OCC)nc1. The van der Waals surface area contributed by atoms with E-state index >= 15 is 0 Å². The van der Waals surface area contributed by atoms with Gasteiger partial charge in [-0.2, -0.15) is 0 Å². The monoisotopic (exact) mass is 223 g/mol. The first-order valence-corrected chi connectivity index (χ1v) is 5.91. The third kappa shape index (κ3) is 4.24. The largest absolute Gasteiger partial charge is 0.371 e. The predicted octanol–water partition coefficient (Wildman–Crippen LogP) is 2.07. The van der Waals surface area contributed by atoms with Crippen LogP contribution in [0.5, 0.6) is 0 Å². The molecule has 4 nitrogen and oxygen atoms in total. The van der Waals surface area contributed by atoms with Crippen LogP contribution in [0, 0.1) is 0 Å². The Labute approximate surface area is 97.5 Å². The highest BCUT2D eigenvalue weighted by molar-refractivity contribution is 5.05. The number of ether oxygens (including phenoxy) is 1. The van der Waals surface area contributed by atoms with Crippen molar-refractivity contribution in [2.45, 2.75) is 39.8 Å². The third-order valence-electron chi connectivity index (χ3n) is 2.26. The Balaban J connectivity index is 2.47. The van der Waals surface area contributed by atoms with E-state index in [9.17, 15) is 0 Å². The molecular weight excluding hydrogens is 202 g/mol. The van der Waals surface area contributed by atoms with Crippen LogP contribution in [0.3, 0.4) is 0 Å². The van der Waals surface area contributed by atoms with Crippen molar-refractivity contribution in [2.24, 2.45) is 0 Å². The average Bonchev–Trinajstić information content (AvgIpc) is 2.30. The van der Waals surface area contributed by atoms with Crippen molar-refractivity contribution < 1.29 is 4.74 Å². The first-order chi connectivity index (χ1) is 7.77. The highest BCUT2D eigenvalue weighted by atomic mass is 16.5. The summed E-state index contributed by atoms with van der Waals surface area (Å²) in [6, 6.07) is 0. The predicted molar refractivity (Wildman–Crippen MR) is 64.1 cm³/mol. The topological polar surface area (TPSA) is 47.0 Å². The van der Waals surface area contributed by atoms with Crippen LogP contribution in [0.15, 0.2) is 12.4 Å². The minimum atomic E-state index is -0.0253. The van der Waals surface area contributed by atoms with Crippen LogP contribution in [0.25, 0.3) is 0 Å². The molecule has 0 fully saturated rings. The maximum Gasteiger partial charge on any atom is 0.156 e. The summed E-state index contributed by atoms with van der Waals surface area (Å²) in [6.45, 7) is 8.63. The second-order valence-corrected chi connectivity index (χ2v) is 3.72. The Kier molecular flexibility index (Phi) is 5.96. The summed E-state index contributed by atoms with van der Waals surface area (Å²) in [5.74, 6) is 0.751. The number of rotatable bonds is 7. The minimum Gasteiger partial charge on any atom is -0.371 e. The van der Waals surface area contributed by atoms with Gasteiger partial charge in [0.15, 0.2) is 5.82 Å². The summed E-state index contributed by atoms with van der Waals surface area (Å²) in [4.78, 5) is 8.60. The molecule has 90 valence electrons. The highest BCUT2D eigenvalue weighted by Gasteiger charge is 2.07. The lowest BCUT2D eigenvalue weighted by molar-refractivity contribution is 0.0700. The zero-order valence-corrected chi connectivity index (χ0v) is 10.4. The molecule has 0 aromatic carbocycles. The van der Waals surface area contributed by atoms with Gasteiger partial charge in [-0.1, -0.05) is 6.92 Å². The van der Waals surface area contributed by atoms with Crippen LogP contribution >= 0.6 is 0 Å². The van der Waals surface area contributed by atoms with Crippen LogP contribution in [-0.2, 0) is 11.3 Å². The average molecular weight is 223 g/mol. The Morgan fingerprint density at radius 1 is 1.31 bits per heavy atom. The van der Waals surface area contributed by atoms with Crippen molar-refractivity contribution in [3.8, 4) is 0 Å². The van der Waals surface area contributed by atoms with Crippen molar-refractivity contribution in [1.82, 2.24) is 15.3 Å². The molecule has 16 heavy (non-hydrogen) atoms. The summed E-state index contributed by atoms with van der Waals surface area (Å²) in [6.07, 6.45) is 4.84. The second kappa shape index (κ2) is 7.30. The molecule has 0 aliphatic heterocycles. The summed E-state index contributed by atoms with van der Waals surface area (Å²) >= 11 is 0. The number of aromatic nitrogens is 2. The van der Waals surface area contributed by atoms with Gasteiger partial charge in [-0.15, -0.1) is 0 Å². The van der Waals surface area contributed by atoms with Gasteiger partial charge in [0.2, 0.25) is 0 Å². The fourth-order valence-corrected chi connectivity index (χ4v) is 1.40. The summed E-state index contributed by atoms with van der Waals surface area (Å²) < 4.78 is 5.43. The molecular formula is C12H21N3O. The van der Waals surface area contributed by atoms with Gasteiger partial charge in [0, 0.05) is 31.1 Å². The molecule has 0 radical (unpaired) electrons. The van der Waals surface area contributed by atoms with Crippen molar-refractivity contribution in [1.29, 1.82) is 0 Å². The summed E-state index contributed by atoms with van der Waals surface area (Å²) in [7, 11) is 0. The number of hydrogen-bond acceptors (Lipinski definition) is 4. The van der Waals surface area contributed by atoms with Gasteiger partial charge in [-0.3, -0.25) is 0 Å². The molecule has 0 aliphatic carbocycles. The molecule has 1 unspecified atom stereocenters. The first kappa shape index (κ1) is 13.1. The first-order valence-electron chi connectivity index (χ1n) is 5.91. The van der Waals surface area contributed by atoms with Crippen LogP contribution in [-0.4, -0.2) is 23.1 Å². The van der Waals surface area contributed by atoms with E-state index in [1.54, 1.807) is 0 Å². The van der Waals surface area contributed by atoms with Gasteiger partial charge >= 0.3 is 0 Å². The van der Waals surface area contributed by atoms with E-state index in [0.717, 1.165) is 30.9 Å². The third-order valence-corrected chi connectivity index (χ3v) is 2.26. The maximum atomic E-state index is 5.43. The molecule has 1 N–H and O–H groups in total. The molecule has 1 rings (SSSR count). The number of nitrogens with one attached hydrogen (secondary N) is 1. The zero-order chi connectivity index (χ0) is 11.8. The summed E-state index contributed by atoms with van der Waals surface area (Å²) in [5, 5.41) is 3.31. The van der Waals surface area contributed by atoms with Crippen LogP contribution in [0.4, 0.5) is 0 Å². The molecule has 1 aromatic rings. The lowest BCUT2D eigenvalue weighted by Gasteiger charge is -2.10. The van der Waals surface area contributed by atoms with Crippen molar-refractivity contribution in [3.63, 3.8) is 0 Å². The second-order valence-electron chi connectivity index (χ2n) is 3.72. The lowest BCUT2D eigenvalue weighted by atomic mass is 10.3. The molecule has 0 bridgehead atoms. The van der Waals surface area contributed by atoms with Crippen molar-refractivity contribution >= 4 is 0 Å². The molecule has 0 saturated carbocycles. The Morgan fingerprint density at radius 2 is 2.00 bits per heavy atom. The molecule has 1 heterocycles. The Bertz CT molecular complexity index is 287. The smallest absolute Gasteiger partial charge is 0.156 e. The molecule has 0 spiro atoms. The van der Waals surface area contributed by atoms with Gasteiger partial charge in [0.1, 0.15) is 6.10 Å². The number of hydrogen-bond donors (Lipinski definition) is 1. The van der Waals surface area contributed by atoms with Crippen LogP contribution in [0.1, 0.15) is 44.7 Å². The molecule has 0 amide bonds. The molecule has 1 aromatic heterocycles. The van der Waals surface area contributed by atoms with Gasteiger partial charge in [-0.25, -0.2) is 9.97 Å². The Hall–Kier alpha value is -1.00. The zero-order valence-electron chi connectivity index (χ0n) is 10.4. The maximum absolute atomic E-state index is 5.43. The van der Waals surface area contributed by atoms with Crippen LogP contribution < -0.4 is 5.32 Å². The van der Waals surface area contributed by atoms with Gasteiger partial charge < -0.3 is 10.1 Å². The van der Waals surface area contributed by atoms with Crippen molar-refractivity contribution in [3.05, 3.63) is 23.8 Å². The molecule has 1 atom stereocenters. The van der Waals surface area contributed by atoms with Gasteiger partial charge in [0.25, 0.3) is 0 Å². The number of nitrogens with zero attached hydrogens (tertiary/aromatic N) is 2. The minimum absolute atomic E-state index is 0.0253. The van der Waals surface area contributed by atoms with E-state index < -0.39 is 0 Å². The van der Waals surface area contributed by atoms with E-state index in [2.05, 4.69) is 22.2 Å². The van der Waals surface area contributed by atoms with E-state index in [1.807, 2.05) is 26.2 Å². The van der Waals surface area contributed by atoms with Gasteiger partial charge in [0.05, 0.1) is 0 Å². The van der Waals surface area contributed by atoms with E-state index in [-0.39, 0.29) is 6.10 Å². The van der Waals surface area contributed by atoms with E-state index in [1.165, 1.54) is 0 Å². The van der Waals surface area contributed by atoms with Gasteiger partial charge in [-0.05, 0) is 26.8 Å². The quantitative estimate of drug-likeness (QED) is 0.719. The van der Waals surface area contributed by atoms with E-state index in [0.29, 0.717) is 6.61 Å². The molecule has 4 heteroatoms. The normalized spacial score (nSPS) is 12.7. The van der Waals surface area contributed by atoms with Crippen molar-refractivity contribution in [2.75, 3.05) is 13.2 Å². The molecule has 0 aliphatic rings. The standard InChI is InChI=1S/C12H21N3O/c1-4-6-13-7-11-8-14-12(15-9-11)10(3)16-5-2/h8-10,13H,4-7H2,1-3H3. The van der Waals surface area contributed by atoms with Crippen LogP contribution in [0.2, 0.25) is 0 Å². The fourth-order valence-electron chi connectivity index (χ4n) is 1.40. The Morgan fingerprint density at radius 3 is 2.56 bits per heavy atom. The fraction of sp³-hybridized carbons (Fsp3) is 0.667.